The number of hydrogen-bond acceptors (Lipinski definition) is 11. The first-order chi connectivity index (χ1) is 20.6. The summed E-state index contributed by atoms with van der Waals surface area (Å²) in [5.74, 6) is -0.642. The zero-order valence-electron chi connectivity index (χ0n) is 22.0. The number of anilines is 1. The SMILES string of the molecule is O=C(NCc1nc2ccccc2o1)[C@H]1CN(c2cnc3cncnc3n2)CCN1S(=O)(=O)c1ccc(OC(F)(F)F)cc1. The van der Waals surface area contributed by atoms with Crippen molar-refractivity contribution in [1.29, 1.82) is 0 Å². The number of alkyl halides is 3. The van der Waals surface area contributed by atoms with Gasteiger partial charge in [0, 0.05) is 19.6 Å². The first-order valence-electron chi connectivity index (χ1n) is 12.7. The molecule has 13 nitrogen and oxygen atoms in total. The van der Waals surface area contributed by atoms with E-state index in [1.54, 1.807) is 29.2 Å². The summed E-state index contributed by atoms with van der Waals surface area (Å²) in [6.45, 7) is -0.241. The molecule has 43 heavy (non-hydrogen) atoms. The maximum Gasteiger partial charge on any atom is 0.573 e. The van der Waals surface area contributed by atoms with Crippen LogP contribution in [-0.2, 0) is 21.4 Å². The number of nitrogens with zero attached hydrogens (tertiary/aromatic N) is 7. The number of benzene rings is 2. The third-order valence-corrected chi connectivity index (χ3v) is 8.51. The number of carbonyl (C=O) groups is 1. The number of rotatable bonds is 7. The molecule has 0 spiro atoms. The molecule has 1 N–H and O–H groups in total. The third kappa shape index (κ3) is 6.02. The van der Waals surface area contributed by atoms with Gasteiger partial charge in [0.05, 0.1) is 23.8 Å². The van der Waals surface area contributed by atoms with Crippen LogP contribution in [0.15, 0.2) is 76.6 Å². The molecule has 1 saturated heterocycles. The molecule has 0 radical (unpaired) electrons. The molecular weight excluding hydrogens is 593 g/mol. The lowest BCUT2D eigenvalue weighted by molar-refractivity contribution is -0.274. The fourth-order valence-corrected chi connectivity index (χ4v) is 6.18. The van der Waals surface area contributed by atoms with Crippen molar-refractivity contribution in [2.75, 3.05) is 24.5 Å². The van der Waals surface area contributed by atoms with Gasteiger partial charge in [0.25, 0.3) is 0 Å². The molecular formula is C26H21F3N8O5S. The van der Waals surface area contributed by atoms with Gasteiger partial charge in [-0.3, -0.25) is 4.79 Å². The van der Waals surface area contributed by atoms with Gasteiger partial charge in [-0.05, 0) is 36.4 Å². The molecule has 0 unspecified atom stereocenters. The van der Waals surface area contributed by atoms with E-state index >= 15 is 0 Å². The van der Waals surface area contributed by atoms with E-state index in [1.165, 1.54) is 18.7 Å². The Morgan fingerprint density at radius 1 is 1.02 bits per heavy atom. The molecule has 5 aromatic rings. The molecule has 6 rings (SSSR count). The number of para-hydroxylation sites is 2. The Hall–Kier alpha value is -4.90. The first kappa shape index (κ1) is 28.2. The predicted octanol–water partition coefficient (Wildman–Crippen LogP) is 2.66. The van der Waals surface area contributed by atoms with Crippen LogP contribution < -0.4 is 15.0 Å². The Bertz CT molecular complexity index is 1870. The number of piperazine rings is 1. The van der Waals surface area contributed by atoms with Gasteiger partial charge in [0.1, 0.15) is 35.0 Å². The Balaban J connectivity index is 1.27. The summed E-state index contributed by atoms with van der Waals surface area (Å²) in [7, 11) is -4.35. The normalized spacial score (nSPS) is 16.4. The van der Waals surface area contributed by atoms with Gasteiger partial charge in [-0.2, -0.15) is 4.31 Å². The van der Waals surface area contributed by atoms with Crippen LogP contribution in [-0.4, -0.2) is 75.6 Å². The number of amides is 1. The van der Waals surface area contributed by atoms with Crippen molar-refractivity contribution in [3.8, 4) is 5.75 Å². The highest BCUT2D eigenvalue weighted by molar-refractivity contribution is 7.89. The van der Waals surface area contributed by atoms with E-state index < -0.39 is 34.1 Å². The second kappa shape index (κ2) is 11.1. The van der Waals surface area contributed by atoms with Crippen LogP contribution in [0, 0.1) is 0 Å². The number of oxazole rings is 1. The topological polar surface area (TPSA) is 157 Å². The van der Waals surface area contributed by atoms with Crippen LogP contribution in [0.5, 0.6) is 5.75 Å². The maximum atomic E-state index is 13.7. The summed E-state index contributed by atoms with van der Waals surface area (Å²) in [5.41, 5.74) is 1.89. The average Bonchev–Trinajstić information content (AvgIpc) is 3.42. The standard InChI is InChI=1S/C26H21F3N8O5S/c27-26(28,29)42-16-5-7-17(8-6-16)43(39,40)37-10-9-36(22-12-31-19-11-30-15-33-24(19)35-22)14-20(37)25(38)32-13-23-34-18-3-1-2-4-21(18)41-23/h1-8,11-12,15,20H,9-10,13-14H2,(H,32,38)/t20-/m1/s1. The van der Waals surface area contributed by atoms with Gasteiger partial charge in [-0.15, -0.1) is 13.2 Å². The molecule has 0 saturated carbocycles. The summed E-state index contributed by atoms with van der Waals surface area (Å²) in [4.78, 5) is 36.1. The van der Waals surface area contributed by atoms with Crippen LogP contribution in [0.25, 0.3) is 22.3 Å². The van der Waals surface area contributed by atoms with Crippen LogP contribution in [0.4, 0.5) is 19.0 Å². The number of aromatic nitrogens is 5. The van der Waals surface area contributed by atoms with Crippen molar-refractivity contribution >= 4 is 44.0 Å². The lowest BCUT2D eigenvalue weighted by Crippen LogP contribution is -2.60. The van der Waals surface area contributed by atoms with Gasteiger partial charge in [-0.1, -0.05) is 12.1 Å². The van der Waals surface area contributed by atoms with Gasteiger partial charge in [0.2, 0.25) is 21.8 Å². The largest absolute Gasteiger partial charge is 0.573 e. The first-order valence-corrected chi connectivity index (χ1v) is 14.2. The van der Waals surface area contributed by atoms with Crippen LogP contribution in [0.3, 0.4) is 0 Å². The lowest BCUT2D eigenvalue weighted by Gasteiger charge is -2.40. The van der Waals surface area contributed by atoms with Crippen molar-refractivity contribution in [3.05, 3.63) is 73.1 Å². The smallest absolute Gasteiger partial charge is 0.439 e. The highest BCUT2D eigenvalue weighted by Gasteiger charge is 2.41. The highest BCUT2D eigenvalue weighted by Crippen LogP contribution is 2.28. The monoisotopic (exact) mass is 614 g/mol. The summed E-state index contributed by atoms with van der Waals surface area (Å²) >= 11 is 0. The van der Waals surface area contributed by atoms with Crippen molar-refractivity contribution in [2.24, 2.45) is 0 Å². The Morgan fingerprint density at radius 2 is 1.81 bits per heavy atom. The van der Waals surface area contributed by atoms with Crippen LogP contribution in [0.2, 0.25) is 0 Å². The molecule has 0 bridgehead atoms. The minimum atomic E-state index is -4.94. The van der Waals surface area contributed by atoms with E-state index in [9.17, 15) is 26.4 Å². The van der Waals surface area contributed by atoms with E-state index in [1.807, 2.05) is 0 Å². The number of ether oxygens (including phenoxy) is 1. The van der Waals surface area contributed by atoms with Crippen LogP contribution in [0.1, 0.15) is 5.89 Å². The minimum absolute atomic E-state index is 0.112. The number of sulfonamides is 1. The maximum absolute atomic E-state index is 13.7. The van der Waals surface area contributed by atoms with E-state index in [0.29, 0.717) is 28.1 Å². The van der Waals surface area contributed by atoms with E-state index in [0.717, 1.165) is 28.6 Å². The molecule has 1 aliphatic heterocycles. The average molecular weight is 615 g/mol. The highest BCUT2D eigenvalue weighted by atomic mass is 32.2. The van der Waals surface area contributed by atoms with Crippen LogP contribution >= 0.6 is 0 Å². The number of fused-ring (bicyclic) bond motifs is 2. The molecule has 2 aromatic carbocycles. The van der Waals surface area contributed by atoms with Gasteiger partial charge in [0.15, 0.2) is 11.2 Å². The predicted molar refractivity (Wildman–Crippen MR) is 144 cm³/mol. The van der Waals surface area contributed by atoms with Crippen molar-refractivity contribution in [1.82, 2.24) is 34.5 Å². The molecule has 222 valence electrons. The number of hydrogen-bond donors (Lipinski definition) is 1. The Kier molecular flexibility index (Phi) is 7.26. The van der Waals surface area contributed by atoms with E-state index in [4.69, 9.17) is 4.42 Å². The molecule has 1 fully saturated rings. The summed E-state index contributed by atoms with van der Waals surface area (Å²) in [6.07, 6.45) is -0.648. The second-order valence-electron chi connectivity index (χ2n) is 9.35. The fourth-order valence-electron chi connectivity index (χ4n) is 4.61. The Morgan fingerprint density at radius 3 is 2.58 bits per heavy atom. The van der Waals surface area contributed by atoms with Gasteiger partial charge < -0.3 is 19.4 Å². The minimum Gasteiger partial charge on any atom is -0.439 e. The van der Waals surface area contributed by atoms with Gasteiger partial charge >= 0.3 is 6.36 Å². The second-order valence-corrected chi connectivity index (χ2v) is 11.2. The lowest BCUT2D eigenvalue weighted by atomic mass is 10.2. The molecule has 4 heterocycles. The fraction of sp³-hybridized carbons (Fsp3) is 0.231. The van der Waals surface area contributed by atoms with E-state index in [2.05, 4.69) is 35.0 Å². The number of nitrogens with one attached hydrogen (secondary N) is 1. The molecule has 3 aromatic heterocycles. The third-order valence-electron chi connectivity index (χ3n) is 6.59. The summed E-state index contributed by atoms with van der Waals surface area (Å²) < 4.78 is 75.7. The van der Waals surface area contributed by atoms with E-state index in [-0.39, 0.29) is 37.0 Å². The molecule has 1 aliphatic rings. The summed E-state index contributed by atoms with van der Waals surface area (Å²) in [5, 5.41) is 2.69. The Labute approximate surface area is 241 Å². The number of halogens is 3. The quantitative estimate of drug-likeness (QED) is 0.288. The zero-order valence-corrected chi connectivity index (χ0v) is 22.8. The molecule has 17 heteroatoms. The number of carbonyl (C=O) groups excluding carboxylic acids is 1. The zero-order chi connectivity index (χ0) is 30.2. The van der Waals surface area contributed by atoms with Crippen molar-refractivity contribution in [3.63, 3.8) is 0 Å². The van der Waals surface area contributed by atoms with Gasteiger partial charge in [-0.25, -0.2) is 33.3 Å². The molecule has 1 amide bonds. The summed E-state index contributed by atoms with van der Waals surface area (Å²) in [6, 6.07) is 9.54. The van der Waals surface area contributed by atoms with Crippen molar-refractivity contribution in [2.45, 2.75) is 23.8 Å². The molecule has 0 aliphatic carbocycles. The van der Waals surface area contributed by atoms with Crippen molar-refractivity contribution < 1.29 is 35.5 Å². The molecule has 1 atom stereocenters.